The molecule has 0 unspecified atom stereocenters. The van der Waals surface area contributed by atoms with Crippen molar-refractivity contribution in [2.45, 2.75) is 59.9 Å². The molecule has 0 saturated carbocycles. The van der Waals surface area contributed by atoms with Crippen LogP contribution in [-0.4, -0.2) is 48.0 Å². The fourth-order valence-corrected chi connectivity index (χ4v) is 4.06. The van der Waals surface area contributed by atoms with Crippen LogP contribution in [-0.2, 0) is 28.9 Å². The highest BCUT2D eigenvalue weighted by atomic mass is 16.5. The Morgan fingerprint density at radius 2 is 2.06 bits per heavy atom. The zero-order chi connectivity index (χ0) is 23.1. The molecule has 174 valence electrons. The Balaban J connectivity index is 1.71. The van der Waals surface area contributed by atoms with Crippen molar-refractivity contribution < 1.29 is 19.1 Å². The van der Waals surface area contributed by atoms with Gasteiger partial charge in [-0.1, -0.05) is 31.5 Å². The lowest BCUT2D eigenvalue weighted by molar-refractivity contribution is 0.0434. The molecule has 1 N–H and O–H groups in total. The molecular weight excluding hydrogens is 406 g/mol. The van der Waals surface area contributed by atoms with Gasteiger partial charge in [0.2, 0.25) is 0 Å². The molecule has 1 aliphatic heterocycles. The molecule has 7 heteroatoms. The molecule has 1 aromatic carbocycles. The molecule has 1 aromatic heterocycles. The number of fused-ring (bicyclic) bond motifs is 1. The lowest BCUT2D eigenvalue weighted by Gasteiger charge is -2.16. The van der Waals surface area contributed by atoms with Gasteiger partial charge < -0.3 is 14.8 Å². The summed E-state index contributed by atoms with van der Waals surface area (Å²) in [6.45, 7) is 10.8. The van der Waals surface area contributed by atoms with Crippen molar-refractivity contribution in [3.8, 4) is 0 Å². The zero-order valence-electron chi connectivity index (χ0n) is 19.7. The number of aryl methyl sites for hydroxylation is 3. The van der Waals surface area contributed by atoms with Crippen LogP contribution in [0.3, 0.4) is 0 Å². The molecule has 7 nitrogen and oxygen atoms in total. The van der Waals surface area contributed by atoms with Crippen LogP contribution >= 0.6 is 0 Å². The van der Waals surface area contributed by atoms with Gasteiger partial charge in [0.15, 0.2) is 0 Å². The van der Waals surface area contributed by atoms with Crippen LogP contribution in [0, 0.1) is 19.8 Å². The van der Waals surface area contributed by atoms with Gasteiger partial charge in [-0.3, -0.25) is 9.48 Å². The van der Waals surface area contributed by atoms with Crippen molar-refractivity contribution in [3.63, 3.8) is 0 Å². The molecule has 0 fully saturated rings. The number of hydrogen-bond acceptors (Lipinski definition) is 5. The zero-order valence-corrected chi connectivity index (χ0v) is 19.7. The number of hydrogen-bond donors (Lipinski definition) is 1. The molecule has 1 atom stereocenters. The molecule has 0 saturated heterocycles. The Bertz CT molecular complexity index is 951. The Kier molecular flexibility index (Phi) is 8.45. The van der Waals surface area contributed by atoms with Gasteiger partial charge in [0.1, 0.15) is 0 Å². The molecule has 2 heterocycles. The van der Waals surface area contributed by atoms with E-state index in [0.717, 1.165) is 41.8 Å². The van der Waals surface area contributed by atoms with E-state index in [-0.39, 0.29) is 24.4 Å². The summed E-state index contributed by atoms with van der Waals surface area (Å²) >= 11 is 0. The molecule has 0 radical (unpaired) electrons. The van der Waals surface area contributed by atoms with Crippen LogP contribution in [0.25, 0.3) is 0 Å². The van der Waals surface area contributed by atoms with E-state index in [2.05, 4.69) is 5.32 Å². The monoisotopic (exact) mass is 441 g/mol. The normalized spacial score (nSPS) is 15.9. The lowest BCUT2D eigenvalue weighted by atomic mass is 10.1. The molecule has 0 bridgehead atoms. The van der Waals surface area contributed by atoms with Gasteiger partial charge in [-0.2, -0.15) is 5.10 Å². The molecule has 2 aromatic rings. The third kappa shape index (κ3) is 5.97. The van der Waals surface area contributed by atoms with Crippen molar-refractivity contribution in [3.05, 3.63) is 51.8 Å². The summed E-state index contributed by atoms with van der Waals surface area (Å²) in [7, 11) is 0. The maximum atomic E-state index is 12.9. The SMILES string of the molecule is CCc1nn(C[C@@H](C)COC(=O)c2ccc(C)cc2C)c2c1C(=O)NCCCOCCC2. The Morgan fingerprint density at radius 3 is 2.81 bits per heavy atom. The van der Waals surface area contributed by atoms with E-state index < -0.39 is 0 Å². The van der Waals surface area contributed by atoms with E-state index in [0.29, 0.717) is 43.9 Å². The number of carbonyl (C=O) groups is 2. The number of ether oxygens (including phenoxy) is 2. The van der Waals surface area contributed by atoms with Crippen molar-refractivity contribution in [1.82, 2.24) is 15.1 Å². The van der Waals surface area contributed by atoms with E-state index in [1.807, 2.05) is 50.6 Å². The molecule has 0 aliphatic carbocycles. The summed E-state index contributed by atoms with van der Waals surface area (Å²) in [5.41, 5.74) is 5.09. The molecular formula is C25H35N3O4. The highest BCUT2D eigenvalue weighted by Gasteiger charge is 2.24. The Hall–Kier alpha value is -2.67. The topological polar surface area (TPSA) is 82.5 Å². The second-order valence-electron chi connectivity index (χ2n) is 8.65. The van der Waals surface area contributed by atoms with Crippen LogP contribution in [0.15, 0.2) is 18.2 Å². The highest BCUT2D eigenvalue weighted by Crippen LogP contribution is 2.20. The van der Waals surface area contributed by atoms with Gasteiger partial charge >= 0.3 is 5.97 Å². The average Bonchev–Trinajstić information content (AvgIpc) is 3.08. The van der Waals surface area contributed by atoms with E-state index in [1.54, 1.807) is 0 Å². The van der Waals surface area contributed by atoms with Gasteiger partial charge in [-0.15, -0.1) is 0 Å². The second kappa shape index (κ2) is 11.3. The summed E-state index contributed by atoms with van der Waals surface area (Å²) in [6.07, 6.45) is 3.06. The van der Waals surface area contributed by atoms with Gasteiger partial charge in [0.25, 0.3) is 5.91 Å². The number of nitrogens with zero attached hydrogens (tertiary/aromatic N) is 2. The molecule has 0 spiro atoms. The number of amides is 1. The van der Waals surface area contributed by atoms with Gasteiger partial charge in [-0.25, -0.2) is 4.79 Å². The standard InChI is InChI=1S/C25H35N3O4/c1-5-21-23-22(8-6-12-31-13-7-11-26-24(23)29)28(27-21)15-18(3)16-32-25(30)20-10-9-17(2)14-19(20)4/h9-10,14,18H,5-8,11-13,15-16H2,1-4H3,(H,26,29)/t18-/m1/s1. The Morgan fingerprint density at radius 1 is 1.28 bits per heavy atom. The molecule has 32 heavy (non-hydrogen) atoms. The van der Waals surface area contributed by atoms with Gasteiger partial charge in [0.05, 0.1) is 29.1 Å². The fourth-order valence-electron chi connectivity index (χ4n) is 4.06. The first-order chi connectivity index (χ1) is 15.4. The second-order valence-corrected chi connectivity index (χ2v) is 8.65. The largest absolute Gasteiger partial charge is 0.462 e. The maximum absolute atomic E-state index is 12.9. The summed E-state index contributed by atoms with van der Waals surface area (Å²) in [5.74, 6) is -0.310. The van der Waals surface area contributed by atoms with Crippen LogP contribution in [0.1, 0.15) is 69.9 Å². The van der Waals surface area contributed by atoms with Crippen LogP contribution < -0.4 is 5.32 Å². The number of aromatic nitrogens is 2. The predicted octanol–water partition coefficient (Wildman–Crippen LogP) is 3.64. The first kappa shape index (κ1) is 24.0. The Labute approximate surface area is 190 Å². The number of benzene rings is 1. The van der Waals surface area contributed by atoms with E-state index in [1.165, 1.54) is 0 Å². The maximum Gasteiger partial charge on any atom is 0.338 e. The first-order valence-corrected chi connectivity index (χ1v) is 11.6. The van der Waals surface area contributed by atoms with E-state index >= 15 is 0 Å². The van der Waals surface area contributed by atoms with Crippen LogP contribution in [0.4, 0.5) is 0 Å². The summed E-state index contributed by atoms with van der Waals surface area (Å²) in [6, 6.07) is 5.72. The number of rotatable bonds is 6. The average molecular weight is 442 g/mol. The highest BCUT2D eigenvalue weighted by molar-refractivity contribution is 5.96. The number of carbonyl (C=O) groups excluding carboxylic acids is 2. The molecule has 1 amide bonds. The summed E-state index contributed by atoms with van der Waals surface area (Å²) in [5, 5.41) is 7.76. The van der Waals surface area contributed by atoms with E-state index in [4.69, 9.17) is 14.6 Å². The molecule has 1 aliphatic rings. The van der Waals surface area contributed by atoms with Gasteiger partial charge in [-0.05, 0) is 51.2 Å². The third-order valence-electron chi connectivity index (χ3n) is 5.73. The quantitative estimate of drug-likeness (QED) is 0.692. The predicted molar refractivity (Wildman–Crippen MR) is 123 cm³/mol. The van der Waals surface area contributed by atoms with E-state index in [9.17, 15) is 9.59 Å². The van der Waals surface area contributed by atoms with Crippen molar-refractivity contribution >= 4 is 11.9 Å². The third-order valence-corrected chi connectivity index (χ3v) is 5.73. The van der Waals surface area contributed by atoms with Crippen LogP contribution in [0.2, 0.25) is 0 Å². The summed E-state index contributed by atoms with van der Waals surface area (Å²) < 4.78 is 13.2. The number of nitrogens with one attached hydrogen (secondary N) is 1. The fraction of sp³-hybridized carbons (Fsp3) is 0.560. The smallest absolute Gasteiger partial charge is 0.338 e. The lowest BCUT2D eigenvalue weighted by Crippen LogP contribution is -2.27. The van der Waals surface area contributed by atoms with Crippen molar-refractivity contribution in [2.24, 2.45) is 5.92 Å². The molecule has 3 rings (SSSR count). The minimum Gasteiger partial charge on any atom is -0.462 e. The van der Waals surface area contributed by atoms with Gasteiger partial charge in [0, 0.05) is 32.2 Å². The minimum absolute atomic E-state index is 0.0518. The first-order valence-electron chi connectivity index (χ1n) is 11.6. The summed E-state index contributed by atoms with van der Waals surface area (Å²) in [4.78, 5) is 25.4. The minimum atomic E-state index is -0.306. The van der Waals surface area contributed by atoms with Crippen LogP contribution in [0.5, 0.6) is 0 Å². The number of esters is 1. The van der Waals surface area contributed by atoms with Crippen molar-refractivity contribution in [1.29, 1.82) is 0 Å². The van der Waals surface area contributed by atoms with Crippen molar-refractivity contribution in [2.75, 3.05) is 26.4 Å².